The van der Waals surface area contributed by atoms with Crippen LogP contribution in [0.1, 0.15) is 44.5 Å². The molecule has 4 rings (SSSR count). The fourth-order valence-corrected chi connectivity index (χ4v) is 5.21. The molecule has 1 aromatic heterocycles. The largest absolute Gasteiger partial charge is 0.480 e. The van der Waals surface area contributed by atoms with Gasteiger partial charge in [0.2, 0.25) is 0 Å². The average Bonchev–Trinajstić information content (AvgIpc) is 3.34. The molecule has 1 saturated heterocycles. The van der Waals surface area contributed by atoms with Crippen molar-refractivity contribution in [3.63, 3.8) is 0 Å². The summed E-state index contributed by atoms with van der Waals surface area (Å²) in [6.07, 6.45) is 1.01. The number of thiophene rings is 1. The monoisotopic (exact) mass is 461 g/mol. The van der Waals surface area contributed by atoms with Gasteiger partial charge in [0.15, 0.2) is 0 Å². The van der Waals surface area contributed by atoms with Gasteiger partial charge >= 0.3 is 5.97 Å². The molecule has 2 aliphatic rings. The Morgan fingerprint density at radius 1 is 1.19 bits per heavy atom. The molecule has 3 atom stereocenters. The Hall–Kier alpha value is -2.42. The molecular weight excluding hydrogens is 438 g/mol. The van der Waals surface area contributed by atoms with E-state index < -0.39 is 18.1 Å². The van der Waals surface area contributed by atoms with Crippen LogP contribution in [0.4, 0.5) is 0 Å². The number of nitrogens with one attached hydrogen (secondary N) is 1. The summed E-state index contributed by atoms with van der Waals surface area (Å²) in [6.45, 7) is 3.12. The minimum absolute atomic E-state index is 0.150. The number of likely N-dealkylation sites (tertiary alicyclic amines) is 1. The molecule has 164 valence electrons. The molecule has 9 heteroatoms. The maximum atomic E-state index is 13.2. The standard InChI is InChI=1S/C22H24ClN3O4S/c1-12-7-15-8-13(3-4-14(15)10-25(12)2)21(28)26-11-16(9-17(26)22(29)30)24-20(27)18-5-6-19(23)31-18/h3-6,8,12,16-17H,7,9-11H2,1-2H3,(H,24,27)(H,29,30)/t12-,16-,17+/m1/s1. The third-order valence-electron chi connectivity index (χ3n) is 6.12. The van der Waals surface area contributed by atoms with Crippen molar-refractivity contribution in [2.24, 2.45) is 0 Å². The Bertz CT molecular complexity index is 1040. The van der Waals surface area contributed by atoms with Gasteiger partial charge in [-0.3, -0.25) is 14.5 Å². The van der Waals surface area contributed by atoms with Crippen molar-refractivity contribution in [1.82, 2.24) is 15.1 Å². The lowest BCUT2D eigenvalue weighted by Crippen LogP contribution is -2.41. The van der Waals surface area contributed by atoms with E-state index in [0.717, 1.165) is 29.9 Å². The molecule has 2 amide bonds. The fourth-order valence-electron chi connectivity index (χ4n) is 4.26. The molecule has 2 N–H and O–H groups in total. The topological polar surface area (TPSA) is 90.0 Å². The first-order valence-electron chi connectivity index (χ1n) is 10.1. The van der Waals surface area contributed by atoms with E-state index in [1.165, 1.54) is 10.5 Å². The lowest BCUT2D eigenvalue weighted by Gasteiger charge is -2.32. The predicted molar refractivity (Wildman–Crippen MR) is 119 cm³/mol. The van der Waals surface area contributed by atoms with E-state index in [-0.39, 0.29) is 24.8 Å². The lowest BCUT2D eigenvalue weighted by atomic mass is 9.93. The first-order valence-corrected chi connectivity index (χ1v) is 11.3. The van der Waals surface area contributed by atoms with Crippen LogP contribution in [-0.4, -0.2) is 64.4 Å². The number of carboxylic acid groups (broad SMARTS) is 1. The van der Waals surface area contributed by atoms with E-state index in [2.05, 4.69) is 24.2 Å². The molecule has 0 radical (unpaired) electrons. The normalized spacial score (nSPS) is 23.5. The highest BCUT2D eigenvalue weighted by Gasteiger charge is 2.41. The van der Waals surface area contributed by atoms with E-state index in [1.807, 2.05) is 12.1 Å². The Morgan fingerprint density at radius 2 is 1.97 bits per heavy atom. The van der Waals surface area contributed by atoms with Gasteiger partial charge in [-0.1, -0.05) is 17.7 Å². The maximum absolute atomic E-state index is 13.2. The highest BCUT2D eigenvalue weighted by Crippen LogP contribution is 2.27. The SMILES string of the molecule is C[C@@H]1Cc2cc(C(=O)N3C[C@H](NC(=O)c4ccc(Cl)s4)C[C@H]3C(=O)O)ccc2CN1C. The number of benzene rings is 1. The van der Waals surface area contributed by atoms with Crippen LogP contribution in [0.3, 0.4) is 0 Å². The van der Waals surface area contributed by atoms with E-state index in [1.54, 1.807) is 18.2 Å². The number of halogens is 1. The minimum atomic E-state index is -1.07. The molecule has 3 heterocycles. The third kappa shape index (κ3) is 4.46. The zero-order valence-electron chi connectivity index (χ0n) is 17.3. The second-order valence-corrected chi connectivity index (χ2v) is 9.99. The number of likely N-dealkylation sites (N-methyl/N-ethyl adjacent to an activating group) is 1. The average molecular weight is 462 g/mol. The Balaban J connectivity index is 1.51. The molecule has 7 nitrogen and oxygen atoms in total. The van der Waals surface area contributed by atoms with Crippen molar-refractivity contribution in [3.05, 3.63) is 56.2 Å². The van der Waals surface area contributed by atoms with Crippen molar-refractivity contribution in [2.45, 2.75) is 44.4 Å². The van der Waals surface area contributed by atoms with Crippen molar-refractivity contribution >= 4 is 40.7 Å². The number of fused-ring (bicyclic) bond motifs is 1. The summed E-state index contributed by atoms with van der Waals surface area (Å²) in [7, 11) is 2.08. The summed E-state index contributed by atoms with van der Waals surface area (Å²) in [4.78, 5) is 41.6. The van der Waals surface area contributed by atoms with Crippen LogP contribution < -0.4 is 5.32 Å². The molecule has 0 aliphatic carbocycles. The summed E-state index contributed by atoms with van der Waals surface area (Å²) in [5.74, 6) is -1.71. The van der Waals surface area contributed by atoms with Gasteiger partial charge in [0.05, 0.1) is 9.21 Å². The predicted octanol–water partition coefficient (Wildman–Crippen LogP) is 2.88. The van der Waals surface area contributed by atoms with Crippen LogP contribution in [0.15, 0.2) is 30.3 Å². The van der Waals surface area contributed by atoms with Gasteiger partial charge in [0.25, 0.3) is 11.8 Å². The van der Waals surface area contributed by atoms with Crippen molar-refractivity contribution in [2.75, 3.05) is 13.6 Å². The van der Waals surface area contributed by atoms with Crippen molar-refractivity contribution in [3.8, 4) is 0 Å². The van der Waals surface area contributed by atoms with Gasteiger partial charge in [-0.25, -0.2) is 4.79 Å². The summed E-state index contributed by atoms with van der Waals surface area (Å²) < 4.78 is 0.504. The zero-order chi connectivity index (χ0) is 22.3. The molecule has 0 saturated carbocycles. The molecule has 0 bridgehead atoms. The van der Waals surface area contributed by atoms with Crippen LogP contribution in [0.25, 0.3) is 0 Å². The number of carboxylic acids is 1. The number of carbonyl (C=O) groups excluding carboxylic acids is 2. The molecule has 0 unspecified atom stereocenters. The minimum Gasteiger partial charge on any atom is -0.480 e. The summed E-state index contributed by atoms with van der Waals surface area (Å²) in [5.41, 5.74) is 2.80. The van der Waals surface area contributed by atoms with Crippen molar-refractivity contribution in [1.29, 1.82) is 0 Å². The Labute approximate surface area is 189 Å². The van der Waals surface area contributed by atoms with Crippen LogP contribution in [0.5, 0.6) is 0 Å². The van der Waals surface area contributed by atoms with E-state index in [0.29, 0.717) is 20.8 Å². The van der Waals surface area contributed by atoms with Gasteiger partial charge in [-0.2, -0.15) is 0 Å². The first kappa shape index (κ1) is 21.8. The van der Waals surface area contributed by atoms with Crippen LogP contribution in [-0.2, 0) is 17.8 Å². The molecule has 2 aliphatic heterocycles. The van der Waals surface area contributed by atoms with Crippen LogP contribution >= 0.6 is 22.9 Å². The Kier molecular flexibility index (Phi) is 6.05. The number of amides is 2. The van der Waals surface area contributed by atoms with E-state index in [9.17, 15) is 19.5 Å². The number of aliphatic carboxylic acids is 1. The van der Waals surface area contributed by atoms with Gasteiger partial charge in [-0.05, 0) is 55.8 Å². The van der Waals surface area contributed by atoms with E-state index in [4.69, 9.17) is 11.6 Å². The number of nitrogens with zero attached hydrogens (tertiary/aromatic N) is 2. The van der Waals surface area contributed by atoms with Gasteiger partial charge in [0.1, 0.15) is 6.04 Å². The number of hydrogen-bond acceptors (Lipinski definition) is 5. The molecule has 1 aromatic carbocycles. The summed E-state index contributed by atoms with van der Waals surface area (Å²) in [6, 6.07) is 7.83. The first-order chi connectivity index (χ1) is 14.7. The van der Waals surface area contributed by atoms with Gasteiger partial charge in [-0.15, -0.1) is 11.3 Å². The highest BCUT2D eigenvalue weighted by molar-refractivity contribution is 7.18. The van der Waals surface area contributed by atoms with Gasteiger partial charge in [0, 0.05) is 37.2 Å². The highest BCUT2D eigenvalue weighted by atomic mass is 35.5. The van der Waals surface area contributed by atoms with Crippen LogP contribution in [0.2, 0.25) is 4.34 Å². The smallest absolute Gasteiger partial charge is 0.326 e. The van der Waals surface area contributed by atoms with Gasteiger partial charge < -0.3 is 15.3 Å². The summed E-state index contributed by atoms with van der Waals surface area (Å²) >= 11 is 7.05. The molecular formula is C22H24ClN3O4S. The second kappa shape index (κ2) is 8.61. The zero-order valence-corrected chi connectivity index (χ0v) is 18.9. The molecule has 1 fully saturated rings. The number of rotatable bonds is 4. The lowest BCUT2D eigenvalue weighted by molar-refractivity contribution is -0.141. The quantitative estimate of drug-likeness (QED) is 0.730. The fraction of sp³-hybridized carbons (Fsp3) is 0.409. The Morgan fingerprint density at radius 3 is 2.65 bits per heavy atom. The maximum Gasteiger partial charge on any atom is 0.326 e. The van der Waals surface area contributed by atoms with Crippen LogP contribution in [0, 0.1) is 0 Å². The van der Waals surface area contributed by atoms with Crippen molar-refractivity contribution < 1.29 is 19.5 Å². The number of carbonyl (C=O) groups is 3. The number of hydrogen-bond donors (Lipinski definition) is 2. The molecule has 2 aromatic rings. The second-order valence-electron chi connectivity index (χ2n) is 8.27. The summed E-state index contributed by atoms with van der Waals surface area (Å²) in [5, 5.41) is 12.5. The van der Waals surface area contributed by atoms with E-state index >= 15 is 0 Å². The molecule has 31 heavy (non-hydrogen) atoms. The molecule has 0 spiro atoms. The third-order valence-corrected chi connectivity index (χ3v) is 7.35.